The van der Waals surface area contributed by atoms with Gasteiger partial charge in [0.05, 0.1) is 0 Å². The lowest BCUT2D eigenvalue weighted by Gasteiger charge is -2.43. The Hall–Kier alpha value is -1.34. The van der Waals surface area contributed by atoms with E-state index in [2.05, 4.69) is 24.5 Å². The van der Waals surface area contributed by atoms with Crippen LogP contribution in [0.25, 0.3) is 0 Å². The van der Waals surface area contributed by atoms with Gasteiger partial charge >= 0.3 is 0 Å². The summed E-state index contributed by atoms with van der Waals surface area (Å²) in [5.74, 6) is 2.10. The number of piperidine rings is 1. The molecular weight excluding hydrogens is 453 g/mol. The molecule has 3 fully saturated rings. The van der Waals surface area contributed by atoms with Gasteiger partial charge in [-0.25, -0.2) is 4.39 Å². The molecule has 8 heteroatoms. The number of aryl methyl sites for hydroxylation is 1. The summed E-state index contributed by atoms with van der Waals surface area (Å²) in [5.41, 5.74) is 0.483. The van der Waals surface area contributed by atoms with Crippen LogP contribution in [-0.2, 0) is 18.4 Å². The molecule has 9 unspecified atom stereocenters. The van der Waals surface area contributed by atoms with Crippen molar-refractivity contribution in [1.82, 2.24) is 19.8 Å². The Kier molecular flexibility index (Phi) is 8.44. The number of rotatable bonds is 6. The molecule has 192 valence electrons. The second-order valence-electron chi connectivity index (χ2n) is 11.6. The Morgan fingerprint density at radius 1 is 1.15 bits per heavy atom. The van der Waals surface area contributed by atoms with Gasteiger partial charge in [-0.05, 0) is 74.5 Å². The Morgan fingerprint density at radius 2 is 1.94 bits per heavy atom. The van der Waals surface area contributed by atoms with Gasteiger partial charge in [0.2, 0.25) is 11.5 Å². The summed E-state index contributed by atoms with van der Waals surface area (Å²) in [6, 6.07) is 0.251. The number of alkyl halides is 2. The summed E-state index contributed by atoms with van der Waals surface area (Å²) in [5, 5.41) is 15.3. The summed E-state index contributed by atoms with van der Waals surface area (Å²) < 4.78 is 17.8. The van der Waals surface area contributed by atoms with Crippen molar-refractivity contribution in [3.63, 3.8) is 0 Å². The number of nitrogens with zero attached hydrogens (tertiary/aromatic N) is 2. The highest BCUT2D eigenvalue weighted by atomic mass is 35.5. The molecule has 9 atom stereocenters. The normalized spacial score (nSPS) is 39.0. The van der Waals surface area contributed by atoms with Gasteiger partial charge in [0, 0.05) is 56.4 Å². The van der Waals surface area contributed by atoms with Crippen LogP contribution in [0, 0.1) is 40.9 Å². The van der Waals surface area contributed by atoms with Crippen molar-refractivity contribution in [1.29, 1.82) is 5.41 Å². The van der Waals surface area contributed by atoms with Crippen LogP contribution in [0.3, 0.4) is 0 Å². The van der Waals surface area contributed by atoms with Crippen LogP contribution in [0.4, 0.5) is 4.39 Å². The molecule has 2 aliphatic carbocycles. The minimum atomic E-state index is -0.777. The zero-order chi connectivity index (χ0) is 24.4. The Labute approximate surface area is 208 Å². The molecule has 4 rings (SSSR count). The molecule has 0 radical (unpaired) electrons. The van der Waals surface area contributed by atoms with Gasteiger partial charge in [0.15, 0.2) is 0 Å². The van der Waals surface area contributed by atoms with Crippen LogP contribution in [0.1, 0.15) is 58.8 Å². The van der Waals surface area contributed by atoms with Crippen molar-refractivity contribution < 1.29 is 9.18 Å². The first-order chi connectivity index (χ1) is 16.2. The lowest BCUT2D eigenvalue weighted by molar-refractivity contribution is -0.127. The second kappa shape index (κ2) is 11.2. The Bertz CT molecular complexity index is 887. The third-order valence-electron chi connectivity index (χ3n) is 8.80. The lowest BCUT2D eigenvalue weighted by atomic mass is 9.68. The van der Waals surface area contributed by atoms with Crippen LogP contribution < -0.4 is 16.3 Å². The van der Waals surface area contributed by atoms with Gasteiger partial charge in [-0.1, -0.05) is 13.8 Å². The lowest BCUT2D eigenvalue weighted by Crippen LogP contribution is -2.52. The van der Waals surface area contributed by atoms with Gasteiger partial charge < -0.3 is 19.8 Å². The van der Waals surface area contributed by atoms with Gasteiger partial charge in [0.25, 0.3) is 0 Å². The molecule has 1 amide bonds. The quantitative estimate of drug-likeness (QED) is 0.524. The number of halogens is 2. The first-order valence-corrected chi connectivity index (χ1v) is 13.7. The van der Waals surface area contributed by atoms with Crippen molar-refractivity contribution in [2.75, 3.05) is 13.1 Å². The third-order valence-corrected chi connectivity index (χ3v) is 9.45. The molecule has 6 nitrogen and oxygen atoms in total. The summed E-state index contributed by atoms with van der Waals surface area (Å²) >= 11 is 6.39. The van der Waals surface area contributed by atoms with Crippen molar-refractivity contribution in [2.45, 2.75) is 82.9 Å². The summed E-state index contributed by atoms with van der Waals surface area (Å²) in [4.78, 5) is 13.4. The van der Waals surface area contributed by atoms with E-state index in [0.29, 0.717) is 42.3 Å². The molecule has 34 heavy (non-hydrogen) atoms. The molecule has 1 aromatic rings. The van der Waals surface area contributed by atoms with E-state index in [-0.39, 0.29) is 29.2 Å². The molecule has 3 N–H and O–H groups in total. The molecule has 0 spiro atoms. The maximum Gasteiger partial charge on any atom is 0.223 e. The summed E-state index contributed by atoms with van der Waals surface area (Å²) in [6.45, 7) is 6.27. The van der Waals surface area contributed by atoms with Gasteiger partial charge in [0.1, 0.15) is 6.17 Å². The number of nitrogens with one attached hydrogen (secondary N) is 3. The zero-order valence-electron chi connectivity index (χ0n) is 21.0. The molecule has 2 heterocycles. The fourth-order valence-corrected chi connectivity index (χ4v) is 7.09. The van der Waals surface area contributed by atoms with E-state index in [4.69, 9.17) is 17.0 Å². The molecule has 0 aromatic carbocycles. The van der Waals surface area contributed by atoms with Crippen molar-refractivity contribution in [3.05, 3.63) is 18.0 Å². The number of hydrogen-bond donors (Lipinski definition) is 3. The molecule has 3 aliphatic rings. The summed E-state index contributed by atoms with van der Waals surface area (Å²) in [6.07, 6.45) is 9.61. The van der Waals surface area contributed by atoms with Crippen LogP contribution in [-0.4, -0.2) is 45.7 Å². The first-order valence-electron chi connectivity index (χ1n) is 13.3. The monoisotopic (exact) mass is 495 g/mol. The molecule has 1 aromatic heterocycles. The second-order valence-corrected chi connectivity index (χ2v) is 12.1. The highest BCUT2D eigenvalue weighted by Crippen LogP contribution is 2.40. The largest absolute Gasteiger partial charge is 0.356 e. The van der Waals surface area contributed by atoms with Gasteiger partial charge in [-0.3, -0.25) is 10.2 Å². The van der Waals surface area contributed by atoms with Crippen molar-refractivity contribution in [3.8, 4) is 0 Å². The highest BCUT2D eigenvalue weighted by Gasteiger charge is 2.40. The fraction of sp³-hybridized carbons (Fsp3) is 0.846. The third kappa shape index (κ3) is 6.07. The van der Waals surface area contributed by atoms with E-state index in [1.807, 2.05) is 28.6 Å². The smallest absolute Gasteiger partial charge is 0.223 e. The van der Waals surface area contributed by atoms with E-state index < -0.39 is 6.17 Å². The van der Waals surface area contributed by atoms with E-state index in [9.17, 15) is 9.18 Å². The SMILES string of the molecule is CC1CC(CNC(=O)C2CC(Cn3ccn(C)c3=N)CC(C3NCC(F)CC3C)C2)CCC1Cl. The molecule has 0 bridgehead atoms. The topological polar surface area (TPSA) is 74.8 Å². The maximum atomic E-state index is 14.0. The van der Waals surface area contributed by atoms with Crippen LogP contribution in [0.2, 0.25) is 0 Å². The molecule has 1 aliphatic heterocycles. The van der Waals surface area contributed by atoms with Crippen molar-refractivity contribution in [2.24, 2.45) is 42.6 Å². The minimum absolute atomic E-state index is 0.0267. The molecular formula is C26H43ClFN5O. The number of amides is 1. The van der Waals surface area contributed by atoms with Crippen LogP contribution in [0.15, 0.2) is 12.4 Å². The fourth-order valence-electron chi connectivity index (χ4n) is 6.87. The number of carbonyl (C=O) groups excluding carboxylic acids is 1. The number of imidazole rings is 1. The Morgan fingerprint density at radius 3 is 2.62 bits per heavy atom. The number of hydrogen-bond acceptors (Lipinski definition) is 3. The van der Waals surface area contributed by atoms with Crippen molar-refractivity contribution >= 4 is 17.5 Å². The van der Waals surface area contributed by atoms with E-state index >= 15 is 0 Å². The average molecular weight is 496 g/mol. The van der Waals surface area contributed by atoms with E-state index in [0.717, 1.165) is 51.6 Å². The van der Waals surface area contributed by atoms with Gasteiger partial charge in [-0.2, -0.15) is 0 Å². The van der Waals surface area contributed by atoms with E-state index in [1.54, 1.807) is 0 Å². The maximum absolute atomic E-state index is 14.0. The highest BCUT2D eigenvalue weighted by molar-refractivity contribution is 6.20. The minimum Gasteiger partial charge on any atom is -0.356 e. The summed E-state index contributed by atoms with van der Waals surface area (Å²) in [7, 11) is 1.89. The molecule has 2 saturated carbocycles. The first kappa shape index (κ1) is 25.7. The standard InChI is InChI=1S/C26H43ClFN5O/c1-16-8-18(4-5-23(16)27)13-31-25(34)21-11-19(15-33-7-6-32(3)26(33)29)10-20(12-21)24-17(2)9-22(28)14-30-24/h6-7,16-24,29-30H,4-5,8-15H2,1-3H3,(H,31,34). The van der Waals surface area contributed by atoms with E-state index in [1.165, 1.54) is 0 Å². The molecule has 1 saturated heterocycles. The number of carbonyl (C=O) groups is 1. The predicted octanol–water partition coefficient (Wildman–Crippen LogP) is 3.83. The van der Waals surface area contributed by atoms with Crippen LogP contribution in [0.5, 0.6) is 0 Å². The predicted molar refractivity (Wildman–Crippen MR) is 133 cm³/mol. The zero-order valence-corrected chi connectivity index (χ0v) is 21.7. The number of aromatic nitrogens is 2. The Balaban J connectivity index is 1.42. The van der Waals surface area contributed by atoms with Crippen LogP contribution >= 0.6 is 11.6 Å². The average Bonchev–Trinajstić information content (AvgIpc) is 3.11. The van der Waals surface area contributed by atoms with Gasteiger partial charge in [-0.15, -0.1) is 11.6 Å².